The Morgan fingerprint density at radius 2 is 1.80 bits per heavy atom. The zero-order valence-electron chi connectivity index (χ0n) is 22.8. The van der Waals surface area contributed by atoms with Crippen molar-refractivity contribution >= 4 is 22.4 Å². The largest absolute Gasteiger partial charge is 0.508 e. The number of aromatic nitrogens is 2. The number of fused-ring (bicyclic) bond motifs is 1. The van der Waals surface area contributed by atoms with Crippen LogP contribution in [0.5, 0.6) is 5.75 Å². The number of phenolic OH excluding ortho intramolecular Hbond substituents is 1. The van der Waals surface area contributed by atoms with Crippen molar-refractivity contribution in [3.05, 3.63) is 79.1 Å². The van der Waals surface area contributed by atoms with Crippen molar-refractivity contribution in [3.8, 4) is 28.3 Å². The maximum absolute atomic E-state index is 12.0. The Bertz CT molecular complexity index is 1600. The molecule has 40 heavy (non-hydrogen) atoms. The standard InChI is InChI=1S/C33H34N4O3/c1-3-29(39)37-20-33(21-37)18-24(19-33)32-34-30(22-8-10-25(11-9-22)36-12-14-40-15-13-36)31(35(32)2)28-17-26(38)16-23-6-4-5-7-27(23)28/h3-11,16-17,24,38H,1,12-15,18-21H2,2H3. The highest BCUT2D eigenvalue weighted by Gasteiger charge is 2.54. The molecule has 0 radical (unpaired) electrons. The number of morpholine rings is 1. The first-order valence-electron chi connectivity index (χ1n) is 14.1. The summed E-state index contributed by atoms with van der Waals surface area (Å²) in [5.74, 6) is 1.66. The summed E-state index contributed by atoms with van der Waals surface area (Å²) in [7, 11) is 2.10. The Kier molecular flexibility index (Phi) is 5.93. The highest BCUT2D eigenvalue weighted by Crippen LogP contribution is 2.56. The van der Waals surface area contributed by atoms with Gasteiger partial charge in [0, 0.05) is 61.4 Å². The number of anilines is 1. The van der Waals surface area contributed by atoms with E-state index in [1.165, 1.54) is 11.8 Å². The molecule has 0 atom stereocenters. The molecule has 2 aliphatic heterocycles. The van der Waals surface area contributed by atoms with Gasteiger partial charge in [-0.3, -0.25) is 4.79 Å². The number of likely N-dealkylation sites (tertiary alicyclic amines) is 1. The molecule has 1 aromatic heterocycles. The first kappa shape index (κ1) is 24.9. The van der Waals surface area contributed by atoms with E-state index in [1.54, 1.807) is 0 Å². The molecule has 1 N–H and O–H groups in total. The van der Waals surface area contributed by atoms with Crippen molar-refractivity contribution in [2.75, 3.05) is 44.3 Å². The van der Waals surface area contributed by atoms with E-state index in [1.807, 2.05) is 35.2 Å². The minimum Gasteiger partial charge on any atom is -0.508 e. The quantitative estimate of drug-likeness (QED) is 0.350. The molecular weight excluding hydrogens is 500 g/mol. The highest BCUT2D eigenvalue weighted by atomic mass is 16.5. The predicted octanol–water partition coefficient (Wildman–Crippen LogP) is 5.34. The molecule has 7 nitrogen and oxygen atoms in total. The van der Waals surface area contributed by atoms with Crippen LogP contribution in [0.3, 0.4) is 0 Å². The van der Waals surface area contributed by atoms with Crippen LogP contribution in [0.2, 0.25) is 0 Å². The van der Waals surface area contributed by atoms with Gasteiger partial charge in [0.1, 0.15) is 11.6 Å². The van der Waals surface area contributed by atoms with Gasteiger partial charge in [0.05, 0.1) is 24.6 Å². The second-order valence-electron chi connectivity index (χ2n) is 11.6. The molecule has 3 heterocycles. The first-order valence-corrected chi connectivity index (χ1v) is 14.1. The molecule has 1 saturated carbocycles. The van der Waals surface area contributed by atoms with Crippen molar-refractivity contribution < 1.29 is 14.6 Å². The smallest absolute Gasteiger partial charge is 0.245 e. The van der Waals surface area contributed by atoms with Gasteiger partial charge in [0.15, 0.2) is 0 Å². The Morgan fingerprint density at radius 1 is 1.07 bits per heavy atom. The SMILES string of the molecule is C=CC(=O)N1CC2(CC(c3nc(-c4ccc(N5CCOCC5)cc4)c(-c4cc(O)cc5ccccc45)n3C)C2)C1. The number of nitrogens with zero attached hydrogens (tertiary/aromatic N) is 4. The fourth-order valence-electron chi connectivity index (χ4n) is 7.01. The van der Waals surface area contributed by atoms with Crippen molar-refractivity contribution in [2.45, 2.75) is 18.8 Å². The van der Waals surface area contributed by atoms with Gasteiger partial charge >= 0.3 is 0 Å². The van der Waals surface area contributed by atoms with Gasteiger partial charge in [0.25, 0.3) is 0 Å². The number of benzene rings is 3. The topological polar surface area (TPSA) is 70.8 Å². The lowest BCUT2D eigenvalue weighted by Crippen LogP contribution is -2.63. The van der Waals surface area contributed by atoms with Gasteiger partial charge in [-0.15, -0.1) is 0 Å². The van der Waals surface area contributed by atoms with Gasteiger partial charge in [-0.25, -0.2) is 4.98 Å². The van der Waals surface area contributed by atoms with Gasteiger partial charge in [-0.05, 0) is 54.0 Å². The number of hydrogen-bond acceptors (Lipinski definition) is 5. The molecule has 7 rings (SSSR count). The van der Waals surface area contributed by atoms with Gasteiger partial charge in [0.2, 0.25) is 5.91 Å². The van der Waals surface area contributed by atoms with E-state index in [0.29, 0.717) is 5.92 Å². The second kappa shape index (κ2) is 9.52. The molecule has 7 heteroatoms. The van der Waals surface area contributed by atoms with E-state index >= 15 is 0 Å². The summed E-state index contributed by atoms with van der Waals surface area (Å²) < 4.78 is 7.76. The summed E-state index contributed by atoms with van der Waals surface area (Å²) in [4.78, 5) is 21.6. The van der Waals surface area contributed by atoms with E-state index < -0.39 is 0 Å². The predicted molar refractivity (Wildman–Crippen MR) is 157 cm³/mol. The third kappa shape index (κ3) is 4.07. The average Bonchev–Trinajstić information content (AvgIpc) is 3.27. The maximum atomic E-state index is 12.0. The monoisotopic (exact) mass is 534 g/mol. The normalized spacial score (nSPS) is 18.5. The van der Waals surface area contributed by atoms with E-state index in [-0.39, 0.29) is 17.1 Å². The highest BCUT2D eigenvalue weighted by molar-refractivity contribution is 6.00. The number of hydrogen-bond donors (Lipinski definition) is 1. The summed E-state index contributed by atoms with van der Waals surface area (Å²) in [6, 6.07) is 20.6. The summed E-state index contributed by atoms with van der Waals surface area (Å²) in [5.41, 5.74) is 5.37. The van der Waals surface area contributed by atoms with E-state index in [4.69, 9.17) is 9.72 Å². The van der Waals surface area contributed by atoms with Crippen LogP contribution in [0.15, 0.2) is 73.3 Å². The molecular formula is C33H34N4O3. The maximum Gasteiger partial charge on any atom is 0.245 e. The zero-order valence-corrected chi connectivity index (χ0v) is 22.8. The number of carbonyl (C=O) groups is 1. The molecule has 2 saturated heterocycles. The van der Waals surface area contributed by atoms with E-state index in [2.05, 4.69) is 53.4 Å². The van der Waals surface area contributed by atoms with Crippen molar-refractivity contribution in [1.82, 2.24) is 14.5 Å². The minimum atomic E-state index is 0.0203. The molecule has 1 amide bonds. The fourth-order valence-corrected chi connectivity index (χ4v) is 7.01. The van der Waals surface area contributed by atoms with Crippen LogP contribution in [0.4, 0.5) is 5.69 Å². The third-order valence-electron chi connectivity index (χ3n) is 9.01. The minimum absolute atomic E-state index is 0.0203. The molecule has 0 unspecified atom stereocenters. The third-order valence-corrected chi connectivity index (χ3v) is 9.01. The van der Waals surface area contributed by atoms with Crippen molar-refractivity contribution in [2.24, 2.45) is 12.5 Å². The molecule has 3 aromatic carbocycles. The number of amides is 1. The van der Waals surface area contributed by atoms with Crippen LogP contribution in [0.25, 0.3) is 33.3 Å². The van der Waals surface area contributed by atoms with Crippen LogP contribution in [0.1, 0.15) is 24.6 Å². The van der Waals surface area contributed by atoms with Crippen LogP contribution in [0, 0.1) is 5.41 Å². The number of carbonyl (C=O) groups excluding carboxylic acids is 1. The lowest BCUT2D eigenvalue weighted by molar-refractivity contribution is -0.146. The summed E-state index contributed by atoms with van der Waals surface area (Å²) >= 11 is 0. The fraction of sp³-hybridized carbons (Fsp3) is 0.333. The van der Waals surface area contributed by atoms with E-state index in [9.17, 15) is 9.90 Å². The average molecular weight is 535 g/mol. The molecule has 0 bridgehead atoms. The molecule has 1 aliphatic carbocycles. The first-order chi connectivity index (χ1) is 19.4. The summed E-state index contributed by atoms with van der Waals surface area (Å²) in [6.45, 7) is 8.53. The van der Waals surface area contributed by atoms with Crippen LogP contribution in [-0.4, -0.2) is 64.9 Å². The Hall–Kier alpha value is -4.10. The number of rotatable bonds is 5. The number of ether oxygens (including phenoxy) is 1. The van der Waals surface area contributed by atoms with Crippen LogP contribution in [-0.2, 0) is 16.6 Å². The summed E-state index contributed by atoms with van der Waals surface area (Å²) in [5, 5.41) is 12.8. The van der Waals surface area contributed by atoms with Gasteiger partial charge in [-0.1, -0.05) is 43.0 Å². The molecule has 4 aromatic rings. The Morgan fingerprint density at radius 3 is 2.52 bits per heavy atom. The number of phenols is 1. The molecule has 204 valence electrons. The molecule has 3 fully saturated rings. The van der Waals surface area contributed by atoms with Gasteiger partial charge in [-0.2, -0.15) is 0 Å². The van der Waals surface area contributed by atoms with Crippen LogP contribution < -0.4 is 4.90 Å². The van der Waals surface area contributed by atoms with Crippen molar-refractivity contribution in [3.63, 3.8) is 0 Å². The molecule has 1 spiro atoms. The number of imidazole rings is 1. The Balaban J connectivity index is 1.28. The lowest BCUT2D eigenvalue weighted by atomic mass is 9.57. The van der Waals surface area contributed by atoms with Crippen molar-refractivity contribution in [1.29, 1.82) is 0 Å². The Labute approximate surface area is 234 Å². The van der Waals surface area contributed by atoms with E-state index in [0.717, 1.165) is 91.3 Å². The second-order valence-corrected chi connectivity index (χ2v) is 11.6. The lowest BCUT2D eigenvalue weighted by Gasteiger charge is -2.58. The molecule has 3 aliphatic rings. The van der Waals surface area contributed by atoms with Crippen LogP contribution >= 0.6 is 0 Å². The summed E-state index contributed by atoms with van der Waals surface area (Å²) in [6.07, 6.45) is 3.45. The zero-order chi connectivity index (χ0) is 27.4. The number of aromatic hydroxyl groups is 1. The van der Waals surface area contributed by atoms with Gasteiger partial charge < -0.3 is 24.2 Å².